The summed E-state index contributed by atoms with van der Waals surface area (Å²) in [4.78, 5) is 11.6. The maximum Gasteiger partial charge on any atom is 0.298 e. The summed E-state index contributed by atoms with van der Waals surface area (Å²) < 4.78 is 25.6. The van der Waals surface area contributed by atoms with Gasteiger partial charge in [0.2, 0.25) is 0 Å². The molecule has 6 nitrogen and oxygen atoms in total. The molecule has 3 N–H and O–H groups in total. The molecule has 1 heterocycles. The fourth-order valence-corrected chi connectivity index (χ4v) is 2.61. The number of nitrogens with two attached hydrogens (primary N) is 1. The number of nitrogens with zero attached hydrogens (tertiary/aromatic N) is 1. The van der Waals surface area contributed by atoms with Gasteiger partial charge in [0.05, 0.1) is 0 Å². The predicted octanol–water partition coefficient (Wildman–Crippen LogP) is -0.370. The van der Waals surface area contributed by atoms with Gasteiger partial charge in [0, 0.05) is 12.1 Å². The summed E-state index contributed by atoms with van der Waals surface area (Å²) in [6.07, 6.45) is 5.15. The van der Waals surface area contributed by atoms with Crippen molar-refractivity contribution in [1.82, 2.24) is 5.32 Å². The molecule has 16 heavy (non-hydrogen) atoms. The van der Waals surface area contributed by atoms with Crippen LogP contribution < -0.4 is 11.1 Å². The van der Waals surface area contributed by atoms with Crippen molar-refractivity contribution in [2.24, 2.45) is 10.1 Å². The maximum atomic E-state index is 11.6. The van der Waals surface area contributed by atoms with E-state index in [1.54, 1.807) is 0 Å². The molecule has 0 spiro atoms. The van der Waals surface area contributed by atoms with Crippen LogP contribution in [0.3, 0.4) is 0 Å². The van der Waals surface area contributed by atoms with Crippen molar-refractivity contribution in [1.29, 1.82) is 0 Å². The lowest BCUT2D eigenvalue weighted by Crippen LogP contribution is -2.36. The minimum Gasteiger partial charge on any atom is -0.388 e. The summed E-state index contributed by atoms with van der Waals surface area (Å²) in [5, 5.41) is 2.37. The van der Waals surface area contributed by atoms with Crippen LogP contribution in [0.25, 0.3) is 0 Å². The van der Waals surface area contributed by atoms with Crippen molar-refractivity contribution in [3.8, 4) is 0 Å². The van der Waals surface area contributed by atoms with Crippen LogP contribution in [0.1, 0.15) is 25.7 Å². The van der Waals surface area contributed by atoms with Gasteiger partial charge in [0.15, 0.2) is 5.03 Å². The van der Waals surface area contributed by atoms with Gasteiger partial charge < -0.3 is 11.1 Å². The highest BCUT2D eigenvalue weighted by Crippen LogP contribution is 2.18. The molecule has 0 unspecified atom stereocenters. The first-order chi connectivity index (χ1) is 7.49. The number of rotatable bonds is 2. The third-order valence-electron chi connectivity index (χ3n) is 2.72. The number of hydrogen-bond acceptors (Lipinski definition) is 4. The monoisotopic (exact) mass is 243 g/mol. The van der Waals surface area contributed by atoms with Crippen LogP contribution in [-0.4, -0.2) is 26.1 Å². The number of carbonyl (C=O) groups excluding carboxylic acids is 1. The summed E-state index contributed by atoms with van der Waals surface area (Å²) >= 11 is 0. The Morgan fingerprint density at radius 3 is 2.56 bits per heavy atom. The minimum atomic E-state index is -3.79. The lowest BCUT2D eigenvalue weighted by molar-refractivity contribution is -0.115. The summed E-state index contributed by atoms with van der Waals surface area (Å²) in [6.45, 7) is 0. The van der Waals surface area contributed by atoms with E-state index in [0.717, 1.165) is 31.8 Å². The molecule has 0 saturated heterocycles. The fraction of sp³-hybridized carbons (Fsp3) is 0.556. The number of sulfonamides is 1. The summed E-state index contributed by atoms with van der Waals surface area (Å²) in [5.41, 5.74) is 5.11. The van der Waals surface area contributed by atoms with E-state index in [4.69, 9.17) is 5.73 Å². The topological polar surface area (TPSA) is 102 Å². The zero-order valence-electron chi connectivity index (χ0n) is 8.64. The van der Waals surface area contributed by atoms with Gasteiger partial charge in [-0.25, -0.2) is 0 Å². The molecule has 0 aromatic rings. The SMILES string of the molecule is NC1=CC(C(=O)NC2CCCC2)=NS1(=O)=O. The van der Waals surface area contributed by atoms with Crippen molar-refractivity contribution >= 4 is 21.6 Å². The predicted molar refractivity (Wildman–Crippen MR) is 59.0 cm³/mol. The zero-order chi connectivity index (χ0) is 11.8. The van der Waals surface area contributed by atoms with Gasteiger partial charge in [-0.15, -0.1) is 0 Å². The maximum absolute atomic E-state index is 11.6. The molecule has 88 valence electrons. The van der Waals surface area contributed by atoms with Crippen molar-refractivity contribution in [3.05, 3.63) is 11.1 Å². The van der Waals surface area contributed by atoms with Crippen molar-refractivity contribution in [2.45, 2.75) is 31.7 Å². The molecule has 1 amide bonds. The molecule has 7 heteroatoms. The van der Waals surface area contributed by atoms with Crippen LogP contribution in [0.15, 0.2) is 15.5 Å². The Labute approximate surface area is 93.7 Å². The molecule has 0 atom stereocenters. The summed E-state index contributed by atoms with van der Waals surface area (Å²) in [7, 11) is -3.79. The van der Waals surface area contributed by atoms with E-state index in [0.29, 0.717) is 0 Å². The molecule has 2 aliphatic rings. The fourth-order valence-electron chi connectivity index (χ4n) is 1.85. The van der Waals surface area contributed by atoms with Crippen LogP contribution in [0, 0.1) is 0 Å². The third kappa shape index (κ3) is 2.08. The van der Waals surface area contributed by atoms with Gasteiger partial charge in [-0.1, -0.05) is 12.8 Å². The molecule has 0 bridgehead atoms. The van der Waals surface area contributed by atoms with Gasteiger partial charge in [-0.3, -0.25) is 4.79 Å². The first kappa shape index (κ1) is 11.1. The number of nitrogens with one attached hydrogen (secondary N) is 1. The van der Waals surface area contributed by atoms with Gasteiger partial charge in [0.25, 0.3) is 15.9 Å². The van der Waals surface area contributed by atoms with E-state index in [1.165, 1.54) is 0 Å². The molecule has 1 saturated carbocycles. The van der Waals surface area contributed by atoms with E-state index in [1.807, 2.05) is 0 Å². The first-order valence-corrected chi connectivity index (χ1v) is 6.56. The lowest BCUT2D eigenvalue weighted by atomic mass is 10.2. The minimum absolute atomic E-state index is 0.121. The smallest absolute Gasteiger partial charge is 0.298 e. The largest absolute Gasteiger partial charge is 0.388 e. The second kappa shape index (κ2) is 3.89. The Hall–Kier alpha value is -1.37. The van der Waals surface area contributed by atoms with Crippen molar-refractivity contribution in [3.63, 3.8) is 0 Å². The second-order valence-corrected chi connectivity index (χ2v) is 5.56. The Balaban J connectivity index is 2.07. The summed E-state index contributed by atoms with van der Waals surface area (Å²) in [6, 6.07) is 0.133. The van der Waals surface area contributed by atoms with E-state index < -0.39 is 15.9 Å². The number of carbonyl (C=O) groups is 1. The molecule has 0 aromatic carbocycles. The molecule has 2 rings (SSSR count). The van der Waals surface area contributed by atoms with Crippen LogP contribution in [0.2, 0.25) is 0 Å². The number of amides is 1. The highest BCUT2D eigenvalue weighted by molar-refractivity contribution is 7.94. The Bertz CT molecular complexity index is 472. The number of hydrogen-bond donors (Lipinski definition) is 2. The van der Waals surface area contributed by atoms with E-state index >= 15 is 0 Å². The van der Waals surface area contributed by atoms with E-state index in [-0.39, 0.29) is 16.8 Å². The second-order valence-electron chi connectivity index (χ2n) is 3.95. The lowest BCUT2D eigenvalue weighted by Gasteiger charge is -2.10. The Kier molecular flexibility index (Phi) is 2.71. The van der Waals surface area contributed by atoms with Gasteiger partial charge in [-0.05, 0) is 12.8 Å². The zero-order valence-corrected chi connectivity index (χ0v) is 9.46. The van der Waals surface area contributed by atoms with Crippen LogP contribution >= 0.6 is 0 Å². The normalized spacial score (nSPS) is 24.0. The molecule has 1 fully saturated rings. The van der Waals surface area contributed by atoms with Gasteiger partial charge in [0.1, 0.15) is 5.71 Å². The standard InChI is InChI=1S/C9H13N3O3S/c10-8-5-7(12-16(8,14)15)9(13)11-6-3-1-2-4-6/h5-6H,1-4,10H2,(H,11,13). The molecule has 0 radical (unpaired) electrons. The quantitative estimate of drug-likeness (QED) is 0.690. The highest BCUT2D eigenvalue weighted by Gasteiger charge is 2.27. The van der Waals surface area contributed by atoms with Crippen LogP contribution in [-0.2, 0) is 14.8 Å². The summed E-state index contributed by atoms with van der Waals surface area (Å²) in [5.74, 6) is -0.462. The average molecular weight is 243 g/mol. The highest BCUT2D eigenvalue weighted by atomic mass is 32.2. The van der Waals surface area contributed by atoms with Gasteiger partial charge in [-0.2, -0.15) is 12.8 Å². The van der Waals surface area contributed by atoms with Crippen LogP contribution in [0.4, 0.5) is 0 Å². The first-order valence-electron chi connectivity index (χ1n) is 5.12. The van der Waals surface area contributed by atoms with E-state index in [2.05, 4.69) is 9.71 Å². The molecule has 1 aliphatic carbocycles. The molecule has 1 aliphatic heterocycles. The molecule has 0 aromatic heterocycles. The average Bonchev–Trinajstić information content (AvgIpc) is 2.76. The van der Waals surface area contributed by atoms with E-state index in [9.17, 15) is 13.2 Å². The third-order valence-corrected chi connectivity index (χ3v) is 3.87. The Morgan fingerprint density at radius 1 is 1.44 bits per heavy atom. The van der Waals surface area contributed by atoms with Gasteiger partial charge >= 0.3 is 0 Å². The van der Waals surface area contributed by atoms with Crippen LogP contribution in [0.5, 0.6) is 0 Å². The molecular weight excluding hydrogens is 230 g/mol. The van der Waals surface area contributed by atoms with Crippen molar-refractivity contribution < 1.29 is 13.2 Å². The van der Waals surface area contributed by atoms with Crippen molar-refractivity contribution in [2.75, 3.05) is 0 Å². The molecular formula is C9H13N3O3S. The Morgan fingerprint density at radius 2 is 2.06 bits per heavy atom.